The van der Waals surface area contributed by atoms with Crippen LogP contribution in [-0.4, -0.2) is 19.7 Å². The largest absolute Gasteiger partial charge is 0.392 e. The molecule has 1 saturated carbocycles. The first-order valence-corrected chi connectivity index (χ1v) is 11.0. The lowest BCUT2D eigenvalue weighted by molar-refractivity contribution is 0.253. The summed E-state index contributed by atoms with van der Waals surface area (Å²) in [6.45, 7) is -0.0536. The number of aliphatic hydroxyl groups is 1. The number of nitrogens with zero attached hydrogens (tertiary/aromatic N) is 3. The molecule has 1 aliphatic rings. The Balaban J connectivity index is 1.58. The second-order valence-corrected chi connectivity index (χ2v) is 8.70. The van der Waals surface area contributed by atoms with E-state index >= 15 is 0 Å². The van der Waals surface area contributed by atoms with Gasteiger partial charge in [0.15, 0.2) is 5.65 Å². The van der Waals surface area contributed by atoms with Gasteiger partial charge in [-0.25, -0.2) is 9.50 Å². The minimum Gasteiger partial charge on any atom is -0.392 e. The van der Waals surface area contributed by atoms with Gasteiger partial charge in [0.1, 0.15) is 5.52 Å². The van der Waals surface area contributed by atoms with Gasteiger partial charge in [0.05, 0.1) is 12.3 Å². The molecule has 5 nitrogen and oxygen atoms in total. The molecule has 0 amide bonds. The molecule has 0 atom stereocenters. The third kappa shape index (κ3) is 2.93. The van der Waals surface area contributed by atoms with Crippen LogP contribution in [0.1, 0.15) is 30.4 Å². The molecule has 3 aromatic carbocycles. The van der Waals surface area contributed by atoms with Crippen molar-refractivity contribution in [2.45, 2.75) is 31.4 Å². The molecule has 0 spiro atoms. The predicted octanol–water partition coefficient (Wildman–Crippen LogP) is 5.05. The second-order valence-electron chi connectivity index (χ2n) is 8.70. The molecule has 3 N–H and O–H groups in total. The summed E-state index contributed by atoms with van der Waals surface area (Å²) < 4.78 is 1.83. The van der Waals surface area contributed by atoms with E-state index in [0.717, 1.165) is 57.3 Å². The lowest BCUT2D eigenvalue weighted by Crippen LogP contribution is -2.43. The maximum atomic E-state index is 9.76. The zero-order chi connectivity index (χ0) is 21.7. The average molecular weight is 421 g/mol. The molecule has 1 fully saturated rings. The number of hydrogen-bond acceptors (Lipinski definition) is 4. The Morgan fingerprint density at radius 2 is 1.69 bits per heavy atom. The van der Waals surface area contributed by atoms with Gasteiger partial charge in [-0.2, -0.15) is 5.10 Å². The highest BCUT2D eigenvalue weighted by Crippen LogP contribution is 2.40. The van der Waals surface area contributed by atoms with Crippen molar-refractivity contribution >= 4 is 16.6 Å². The fourth-order valence-corrected chi connectivity index (χ4v) is 4.70. The number of benzene rings is 3. The average Bonchev–Trinajstić information content (AvgIpc) is 3.20. The van der Waals surface area contributed by atoms with Crippen molar-refractivity contribution < 1.29 is 5.11 Å². The summed E-state index contributed by atoms with van der Waals surface area (Å²) in [6, 6.07) is 24.7. The SMILES string of the molecule is NC1(c2ccc(-c3nc4c5cccc(CO)c5nn4cc3-c3ccccc3)cc2)CCC1. The first kappa shape index (κ1) is 19.2. The highest BCUT2D eigenvalue weighted by Gasteiger charge is 2.34. The summed E-state index contributed by atoms with van der Waals surface area (Å²) in [7, 11) is 0. The third-order valence-corrected chi connectivity index (χ3v) is 6.74. The zero-order valence-electron chi connectivity index (χ0n) is 17.7. The number of rotatable bonds is 4. The van der Waals surface area contributed by atoms with Gasteiger partial charge in [0, 0.05) is 33.8 Å². The molecular formula is C27H24N4O. The van der Waals surface area contributed by atoms with Crippen LogP contribution in [0.25, 0.3) is 38.9 Å². The summed E-state index contributed by atoms with van der Waals surface area (Å²) in [5.41, 5.74) is 14.0. The molecule has 2 aromatic heterocycles. The predicted molar refractivity (Wildman–Crippen MR) is 127 cm³/mol. The molecule has 0 aliphatic heterocycles. The lowest BCUT2D eigenvalue weighted by Gasteiger charge is -2.38. The quantitative estimate of drug-likeness (QED) is 0.427. The molecule has 2 heterocycles. The molecule has 158 valence electrons. The molecule has 32 heavy (non-hydrogen) atoms. The van der Waals surface area contributed by atoms with Crippen molar-refractivity contribution in [3.63, 3.8) is 0 Å². The summed E-state index contributed by atoms with van der Waals surface area (Å²) in [5.74, 6) is 0. The van der Waals surface area contributed by atoms with Crippen molar-refractivity contribution in [3.05, 3.63) is 90.1 Å². The Labute approximate surface area is 186 Å². The van der Waals surface area contributed by atoms with Gasteiger partial charge in [-0.3, -0.25) is 0 Å². The Kier molecular flexibility index (Phi) is 4.35. The topological polar surface area (TPSA) is 76.4 Å². The molecule has 0 saturated heterocycles. The van der Waals surface area contributed by atoms with Crippen LogP contribution in [0, 0.1) is 0 Å². The maximum Gasteiger partial charge on any atom is 0.163 e. The number of aliphatic hydroxyl groups excluding tert-OH is 1. The highest BCUT2D eigenvalue weighted by molar-refractivity contribution is 5.96. The molecule has 1 aliphatic carbocycles. The van der Waals surface area contributed by atoms with E-state index in [1.165, 1.54) is 12.0 Å². The normalized spacial score (nSPS) is 15.2. The molecule has 0 unspecified atom stereocenters. The number of aromatic nitrogens is 3. The van der Waals surface area contributed by atoms with Gasteiger partial charge in [-0.1, -0.05) is 66.7 Å². The maximum absolute atomic E-state index is 9.76. The van der Waals surface area contributed by atoms with E-state index < -0.39 is 0 Å². The lowest BCUT2D eigenvalue weighted by atomic mass is 9.72. The fraction of sp³-hybridized carbons (Fsp3) is 0.185. The standard InChI is InChI=1S/C27H24N4O/c28-27(14-5-15-27)21-12-10-19(11-13-21)24-23(18-6-2-1-3-7-18)16-31-26(29-24)22-9-4-8-20(17-32)25(22)30-31/h1-4,6-13,16,32H,5,14-15,17,28H2. The molecular weight excluding hydrogens is 396 g/mol. The van der Waals surface area contributed by atoms with Crippen molar-refractivity contribution in [1.29, 1.82) is 0 Å². The van der Waals surface area contributed by atoms with Crippen LogP contribution in [0.4, 0.5) is 0 Å². The van der Waals surface area contributed by atoms with E-state index in [4.69, 9.17) is 15.8 Å². The van der Waals surface area contributed by atoms with Crippen molar-refractivity contribution in [3.8, 4) is 22.4 Å². The molecule has 0 radical (unpaired) electrons. The Morgan fingerprint density at radius 3 is 2.38 bits per heavy atom. The van der Waals surface area contributed by atoms with Gasteiger partial charge < -0.3 is 10.8 Å². The van der Waals surface area contributed by atoms with Crippen molar-refractivity contribution in [2.75, 3.05) is 0 Å². The molecule has 0 bridgehead atoms. The highest BCUT2D eigenvalue weighted by atomic mass is 16.3. The van der Waals surface area contributed by atoms with Gasteiger partial charge >= 0.3 is 0 Å². The Morgan fingerprint density at radius 1 is 0.906 bits per heavy atom. The monoisotopic (exact) mass is 420 g/mol. The van der Waals surface area contributed by atoms with Gasteiger partial charge in [0.25, 0.3) is 0 Å². The van der Waals surface area contributed by atoms with Crippen molar-refractivity contribution in [1.82, 2.24) is 14.6 Å². The van der Waals surface area contributed by atoms with Crippen molar-refractivity contribution in [2.24, 2.45) is 5.73 Å². The van der Waals surface area contributed by atoms with Gasteiger partial charge in [-0.05, 0) is 36.5 Å². The van der Waals surface area contributed by atoms with E-state index in [1.54, 1.807) is 0 Å². The minimum atomic E-state index is -0.180. The number of hydrogen-bond donors (Lipinski definition) is 2. The fourth-order valence-electron chi connectivity index (χ4n) is 4.70. The number of fused-ring (bicyclic) bond motifs is 3. The Hall–Kier alpha value is -3.54. The smallest absolute Gasteiger partial charge is 0.163 e. The van der Waals surface area contributed by atoms with Crippen LogP contribution in [0.15, 0.2) is 79.0 Å². The van der Waals surface area contributed by atoms with Crippen LogP contribution in [-0.2, 0) is 12.1 Å². The minimum absolute atomic E-state index is 0.0536. The summed E-state index contributed by atoms with van der Waals surface area (Å²) >= 11 is 0. The van der Waals surface area contributed by atoms with Crippen LogP contribution in [0.5, 0.6) is 0 Å². The zero-order valence-corrected chi connectivity index (χ0v) is 17.7. The first-order valence-electron chi connectivity index (χ1n) is 11.0. The van der Waals surface area contributed by atoms with E-state index in [1.807, 2.05) is 47.1 Å². The van der Waals surface area contributed by atoms with Crippen LogP contribution < -0.4 is 5.73 Å². The second kappa shape index (κ2) is 7.26. The summed E-state index contributed by atoms with van der Waals surface area (Å²) in [4.78, 5) is 5.10. The van der Waals surface area contributed by atoms with E-state index in [-0.39, 0.29) is 12.1 Å². The summed E-state index contributed by atoms with van der Waals surface area (Å²) in [5, 5.41) is 15.4. The molecule has 6 rings (SSSR count). The first-order chi connectivity index (χ1) is 15.7. The third-order valence-electron chi connectivity index (χ3n) is 6.74. The Bertz CT molecular complexity index is 1430. The van der Waals surface area contributed by atoms with E-state index in [0.29, 0.717) is 0 Å². The van der Waals surface area contributed by atoms with Crippen LogP contribution in [0.3, 0.4) is 0 Å². The van der Waals surface area contributed by atoms with Crippen LogP contribution in [0.2, 0.25) is 0 Å². The van der Waals surface area contributed by atoms with Gasteiger partial charge in [-0.15, -0.1) is 0 Å². The number of nitrogens with two attached hydrogens (primary N) is 1. The van der Waals surface area contributed by atoms with E-state index in [2.05, 4.69) is 36.4 Å². The molecule has 5 aromatic rings. The molecule has 5 heteroatoms. The summed E-state index contributed by atoms with van der Waals surface area (Å²) in [6.07, 6.45) is 5.32. The van der Waals surface area contributed by atoms with Gasteiger partial charge in [0.2, 0.25) is 0 Å². The van der Waals surface area contributed by atoms with Crippen LogP contribution >= 0.6 is 0 Å². The van der Waals surface area contributed by atoms with E-state index in [9.17, 15) is 5.11 Å².